The molecule has 19 heavy (non-hydrogen) atoms. The van der Waals surface area contributed by atoms with E-state index in [-0.39, 0.29) is 0 Å². The number of hydrogen-bond acceptors (Lipinski definition) is 2. The first-order valence-corrected chi connectivity index (χ1v) is 7.37. The third kappa shape index (κ3) is 3.19. The van der Waals surface area contributed by atoms with Crippen molar-refractivity contribution in [2.75, 3.05) is 6.54 Å². The highest BCUT2D eigenvalue weighted by Crippen LogP contribution is 2.34. The number of nitrogens with one attached hydrogen (secondary N) is 1. The van der Waals surface area contributed by atoms with Crippen molar-refractivity contribution in [1.29, 1.82) is 0 Å². The molecule has 0 radical (unpaired) electrons. The predicted molar refractivity (Wildman–Crippen MR) is 82.7 cm³/mol. The van der Waals surface area contributed by atoms with E-state index >= 15 is 0 Å². The van der Waals surface area contributed by atoms with Gasteiger partial charge in [0.25, 0.3) is 0 Å². The molecule has 1 heterocycles. The fourth-order valence-corrected chi connectivity index (χ4v) is 2.65. The molecule has 0 aromatic carbocycles. The van der Waals surface area contributed by atoms with Crippen LogP contribution in [0.25, 0.3) is 0 Å². The summed E-state index contributed by atoms with van der Waals surface area (Å²) in [6.45, 7) is 7.36. The maximum Gasteiger partial charge on any atom is 0.0497 e. The van der Waals surface area contributed by atoms with Crippen LogP contribution in [0.2, 0.25) is 0 Å². The molecule has 2 rings (SSSR count). The van der Waals surface area contributed by atoms with Gasteiger partial charge in [-0.1, -0.05) is 36.3 Å². The molecule has 0 amide bonds. The molecule has 3 N–H and O–H groups in total. The van der Waals surface area contributed by atoms with Crippen LogP contribution in [0.4, 0.5) is 0 Å². The summed E-state index contributed by atoms with van der Waals surface area (Å²) in [5.74, 6) is 0.492. The summed E-state index contributed by atoms with van der Waals surface area (Å²) in [6, 6.07) is 0.484. The Morgan fingerprint density at radius 2 is 2.21 bits per heavy atom. The van der Waals surface area contributed by atoms with Crippen LogP contribution in [0, 0.1) is 5.92 Å². The number of allylic oxidation sites excluding steroid dienone is 5. The second kappa shape index (κ2) is 6.25. The number of rotatable bonds is 5. The average Bonchev–Trinajstić information content (AvgIpc) is 2.43. The summed E-state index contributed by atoms with van der Waals surface area (Å²) >= 11 is 0. The topological polar surface area (TPSA) is 38.0 Å². The lowest BCUT2D eigenvalue weighted by Crippen LogP contribution is -2.37. The zero-order valence-electron chi connectivity index (χ0n) is 12.4. The molecule has 2 nitrogen and oxygen atoms in total. The van der Waals surface area contributed by atoms with Crippen molar-refractivity contribution < 1.29 is 0 Å². The van der Waals surface area contributed by atoms with Crippen LogP contribution in [0.1, 0.15) is 40.0 Å². The summed E-state index contributed by atoms with van der Waals surface area (Å²) in [6.07, 6.45) is 12.4. The Labute approximate surface area is 117 Å². The van der Waals surface area contributed by atoms with E-state index in [2.05, 4.69) is 50.5 Å². The average molecular weight is 258 g/mol. The van der Waals surface area contributed by atoms with Crippen molar-refractivity contribution >= 4 is 0 Å². The van der Waals surface area contributed by atoms with E-state index < -0.39 is 0 Å². The number of nitrogens with two attached hydrogens (primary N) is 1. The first kappa shape index (κ1) is 14.1. The molecular formula is C17H26N2. The van der Waals surface area contributed by atoms with E-state index in [0.717, 1.165) is 25.8 Å². The van der Waals surface area contributed by atoms with Crippen LogP contribution in [-0.4, -0.2) is 12.6 Å². The van der Waals surface area contributed by atoms with Gasteiger partial charge < -0.3 is 11.1 Å². The molecule has 0 aromatic heterocycles. The Morgan fingerprint density at radius 1 is 1.42 bits per heavy atom. The maximum atomic E-state index is 5.97. The number of hydrogen-bond donors (Lipinski definition) is 2. The minimum atomic E-state index is 0.484. The molecule has 0 spiro atoms. The zero-order chi connectivity index (χ0) is 13.8. The fraction of sp³-hybridized carbons (Fsp3) is 0.529. The molecule has 1 aliphatic heterocycles. The van der Waals surface area contributed by atoms with Gasteiger partial charge in [0, 0.05) is 18.2 Å². The molecule has 0 saturated carbocycles. The van der Waals surface area contributed by atoms with Crippen molar-refractivity contribution in [1.82, 2.24) is 5.32 Å². The van der Waals surface area contributed by atoms with Gasteiger partial charge in [0.15, 0.2) is 0 Å². The normalized spacial score (nSPS) is 26.9. The molecule has 0 bridgehead atoms. The molecule has 104 valence electrons. The van der Waals surface area contributed by atoms with Crippen LogP contribution in [0.3, 0.4) is 0 Å². The van der Waals surface area contributed by atoms with Gasteiger partial charge in [-0.2, -0.15) is 0 Å². The molecule has 1 aliphatic carbocycles. The lowest BCUT2D eigenvalue weighted by Gasteiger charge is -2.33. The van der Waals surface area contributed by atoms with Gasteiger partial charge >= 0.3 is 0 Å². The van der Waals surface area contributed by atoms with E-state index in [1.165, 1.54) is 22.3 Å². The summed E-state index contributed by atoms with van der Waals surface area (Å²) < 4.78 is 0. The Bertz CT molecular complexity index is 452. The molecule has 2 atom stereocenters. The van der Waals surface area contributed by atoms with E-state index in [0.29, 0.717) is 12.0 Å². The molecule has 2 heteroatoms. The van der Waals surface area contributed by atoms with Gasteiger partial charge in [-0.25, -0.2) is 0 Å². The Balaban J connectivity index is 2.10. The molecule has 0 aromatic rings. The smallest absolute Gasteiger partial charge is 0.0497 e. The molecule has 2 aliphatic rings. The molecule has 2 unspecified atom stereocenters. The first-order chi connectivity index (χ1) is 9.15. The zero-order valence-corrected chi connectivity index (χ0v) is 12.4. The highest BCUT2D eigenvalue weighted by atomic mass is 14.9. The predicted octanol–water partition coefficient (Wildman–Crippen LogP) is 3.44. The van der Waals surface area contributed by atoms with E-state index in [4.69, 9.17) is 5.73 Å². The van der Waals surface area contributed by atoms with Gasteiger partial charge in [-0.05, 0) is 50.8 Å². The van der Waals surface area contributed by atoms with E-state index in [1.807, 2.05) is 0 Å². The van der Waals surface area contributed by atoms with Crippen molar-refractivity contribution in [3.05, 3.63) is 46.7 Å². The third-order valence-corrected chi connectivity index (χ3v) is 4.29. The van der Waals surface area contributed by atoms with Crippen LogP contribution < -0.4 is 11.1 Å². The van der Waals surface area contributed by atoms with Gasteiger partial charge in [-0.15, -0.1) is 0 Å². The van der Waals surface area contributed by atoms with Crippen LogP contribution >= 0.6 is 0 Å². The van der Waals surface area contributed by atoms with E-state index in [1.54, 1.807) is 0 Å². The standard InChI is InChI=1S/C17H26N2/c1-4-12(2)5-6-14-7-8-16(15(9-14)10-18)17-11-19-13(17)3/h5,7-8,11,13,15,19H,4,6,9-10,18H2,1-3H3/b12-5-. The molecule has 0 saturated heterocycles. The van der Waals surface area contributed by atoms with Crippen molar-refractivity contribution in [3.63, 3.8) is 0 Å². The van der Waals surface area contributed by atoms with Gasteiger partial charge in [0.2, 0.25) is 0 Å². The van der Waals surface area contributed by atoms with Crippen LogP contribution in [0.5, 0.6) is 0 Å². The lowest BCUT2D eigenvalue weighted by molar-refractivity contribution is 0.564. The second-order valence-electron chi connectivity index (χ2n) is 5.68. The first-order valence-electron chi connectivity index (χ1n) is 7.37. The SMILES string of the molecule is CC/C(C)=C\CC1=CC=C(C2=CNC2C)C(CN)C1. The highest BCUT2D eigenvalue weighted by Gasteiger charge is 2.26. The summed E-state index contributed by atoms with van der Waals surface area (Å²) in [5, 5.41) is 3.29. The van der Waals surface area contributed by atoms with Gasteiger partial charge in [-0.3, -0.25) is 0 Å². The Kier molecular flexibility index (Phi) is 4.65. The van der Waals surface area contributed by atoms with Crippen molar-refractivity contribution in [2.45, 2.75) is 46.1 Å². The van der Waals surface area contributed by atoms with Gasteiger partial charge in [0.1, 0.15) is 0 Å². The highest BCUT2D eigenvalue weighted by molar-refractivity contribution is 5.46. The Hall–Kier alpha value is -1.28. The summed E-state index contributed by atoms with van der Waals surface area (Å²) in [5.41, 5.74) is 11.8. The minimum Gasteiger partial charge on any atom is -0.384 e. The molecule has 0 fully saturated rings. The van der Waals surface area contributed by atoms with Gasteiger partial charge in [0.05, 0.1) is 0 Å². The second-order valence-corrected chi connectivity index (χ2v) is 5.68. The quantitative estimate of drug-likeness (QED) is 0.741. The van der Waals surface area contributed by atoms with E-state index in [9.17, 15) is 0 Å². The minimum absolute atomic E-state index is 0.484. The largest absolute Gasteiger partial charge is 0.384 e. The molecular weight excluding hydrogens is 232 g/mol. The lowest BCUT2D eigenvalue weighted by atomic mass is 9.79. The summed E-state index contributed by atoms with van der Waals surface area (Å²) in [7, 11) is 0. The van der Waals surface area contributed by atoms with Crippen LogP contribution in [0.15, 0.2) is 46.7 Å². The fourth-order valence-electron chi connectivity index (χ4n) is 2.65. The van der Waals surface area contributed by atoms with Crippen LogP contribution in [-0.2, 0) is 0 Å². The third-order valence-electron chi connectivity index (χ3n) is 4.29. The van der Waals surface area contributed by atoms with Crippen molar-refractivity contribution in [3.8, 4) is 0 Å². The monoisotopic (exact) mass is 258 g/mol. The maximum absolute atomic E-state index is 5.97. The van der Waals surface area contributed by atoms with Crippen molar-refractivity contribution in [2.24, 2.45) is 11.7 Å². The summed E-state index contributed by atoms with van der Waals surface area (Å²) in [4.78, 5) is 0. The Morgan fingerprint density at radius 3 is 2.74 bits per heavy atom.